The zero-order chi connectivity index (χ0) is 90.1. The van der Waals surface area contributed by atoms with Crippen LogP contribution in [-0.4, -0.2) is 189 Å². The topological polar surface area (TPSA) is 255 Å². The Labute approximate surface area is 745 Å². The molecule has 127 heavy (non-hydrogen) atoms. The summed E-state index contributed by atoms with van der Waals surface area (Å²) in [7, 11) is -0.226. The highest BCUT2D eigenvalue weighted by molar-refractivity contribution is 6.63. The van der Waals surface area contributed by atoms with E-state index >= 15 is 0 Å². The van der Waals surface area contributed by atoms with Crippen molar-refractivity contribution in [2.24, 2.45) is 0 Å². The van der Waals surface area contributed by atoms with Gasteiger partial charge in [0.05, 0.1) is 65.6 Å². The molecule has 690 valence electrons. The molecule has 0 amide bonds. The van der Waals surface area contributed by atoms with Crippen molar-refractivity contribution >= 4 is 75.5 Å². The third-order valence-electron chi connectivity index (χ3n) is 21.5. The van der Waals surface area contributed by atoms with E-state index in [4.69, 9.17) is 98.7 Å². The van der Waals surface area contributed by atoms with Crippen molar-refractivity contribution < 1.29 is 140 Å². The average molecular weight is 1780 g/mol. The molecule has 0 spiro atoms. The lowest BCUT2D eigenvalue weighted by atomic mass is 9.75. The maximum Gasteiger partial charge on any atom is 0.494 e. The van der Waals surface area contributed by atoms with Gasteiger partial charge in [0.2, 0.25) is 0 Å². The first kappa shape index (κ1) is 103. The van der Waals surface area contributed by atoms with Crippen LogP contribution in [-0.2, 0) is 138 Å². The number of hydrogen-bond donors (Lipinski definition) is 3. The Balaban J connectivity index is 0.000000160. The number of ether oxygens (including phenoxy) is 12. The fourth-order valence-electron chi connectivity index (χ4n) is 14.9. The Hall–Kier alpha value is -6.45. The average Bonchev–Trinajstić information content (AvgIpc) is 1.69. The standard InChI is InChI=1S/C20H22BFO4.C18H28BFO4.C14H18BFO4.C14H20BFO4.C13H18BFO4.C12H16BFO4/c22-17-9-10-18(16(12-17)13-24-20-8-4-5-11-23-20)21-25-14-19(26-21)15-6-2-1-3-7-15;1-13(2)23-19(24-14(3)4)17-9-8-16(20)11-15(17)12-22-18-7-5-6-10-21-18;16-12-4-5-13(15-19-7-8-20-15)11(9-12)10-18-14-3-1-2-6-17-14;1-17-15(18-2)13-7-6-12(16)9-11(13)10-20-14-5-3-4-8-19-14;1-17-14(16)12-6-5-11(15)8-10(12)9-19-13-4-2-3-7-18-13;14-10-4-5-11(13(15)16)9(7-10)8-18-12-3-1-2-6-17-12/h1-3,6-7,9-10,12,19-20H,4-5,8,11,13-14H2;8-9,11,13-14,18H,5-7,10,12H2,1-4H3;4-5,9,14H,1-3,6-8,10H2;6-7,9,14H,3-5,8,10H2,1-2H3;5-6,8,13,16H,2-4,7,9H2,1H3;4-5,7,12,15-16H,1-3,6,8H2. The molecule has 0 aliphatic carbocycles. The van der Waals surface area contributed by atoms with E-state index in [1.165, 1.54) is 92.0 Å². The molecule has 7 unspecified atom stereocenters. The lowest BCUT2D eigenvalue weighted by molar-refractivity contribution is -0.169. The summed E-state index contributed by atoms with van der Waals surface area (Å²) in [6.45, 7) is 15.1. The number of hydrogen-bond acceptors (Lipinski definition) is 24. The zero-order valence-electron chi connectivity index (χ0n) is 74.0. The predicted octanol–water partition coefficient (Wildman–Crippen LogP) is 12.0. The summed E-state index contributed by atoms with van der Waals surface area (Å²) in [5.41, 5.74) is 9.00. The summed E-state index contributed by atoms with van der Waals surface area (Å²) in [5.74, 6) is -1.97. The van der Waals surface area contributed by atoms with Gasteiger partial charge in [-0.2, -0.15) is 0 Å². The third kappa shape index (κ3) is 35.6. The Morgan fingerprint density at radius 2 is 0.646 bits per heavy atom. The summed E-state index contributed by atoms with van der Waals surface area (Å²) in [6, 6.07) is 36.2. The van der Waals surface area contributed by atoms with Gasteiger partial charge in [-0.25, -0.2) is 26.3 Å². The SMILES string of the molecule is CC(C)OB(OC(C)C)c1ccc(F)cc1COC1CCCCO1.COB(O)c1ccc(F)cc1COC1CCCCO1.COB(OC)c1ccc(F)cc1COC1CCCCO1.Fc1ccc(B2OCC(c3ccccc3)O2)c(COC2CCCCO2)c1.Fc1ccc(B2OCCO2)c(COC2CCCCO2)c1.OB(O)c1ccc(F)cc1COC1CCCCO1. The molecule has 8 aliphatic rings. The fourth-order valence-corrected chi connectivity index (χ4v) is 14.9. The third-order valence-corrected chi connectivity index (χ3v) is 21.5. The number of rotatable bonds is 32. The molecule has 0 bridgehead atoms. The monoisotopic (exact) mass is 1780 g/mol. The van der Waals surface area contributed by atoms with Gasteiger partial charge in [0.25, 0.3) is 0 Å². The van der Waals surface area contributed by atoms with E-state index in [1.807, 2.05) is 58.0 Å². The molecule has 7 atom stereocenters. The maximum atomic E-state index is 13.8. The van der Waals surface area contributed by atoms with Gasteiger partial charge in [-0.1, -0.05) is 66.7 Å². The minimum atomic E-state index is -1.63. The van der Waals surface area contributed by atoms with Crippen LogP contribution in [0.2, 0.25) is 0 Å². The second-order valence-corrected chi connectivity index (χ2v) is 31.9. The van der Waals surface area contributed by atoms with E-state index in [0.29, 0.717) is 68.4 Å². The van der Waals surface area contributed by atoms with Gasteiger partial charge in [-0.15, -0.1) is 0 Å². The van der Waals surface area contributed by atoms with Crippen molar-refractivity contribution in [2.45, 2.75) is 239 Å². The molecule has 24 nitrogen and oxygen atoms in total. The lowest BCUT2D eigenvalue weighted by Gasteiger charge is -2.25. The van der Waals surface area contributed by atoms with Gasteiger partial charge < -0.3 is 114 Å². The number of halogens is 6. The van der Waals surface area contributed by atoms with Gasteiger partial charge in [-0.3, -0.25) is 0 Å². The van der Waals surface area contributed by atoms with E-state index in [0.717, 1.165) is 180 Å². The van der Waals surface area contributed by atoms with E-state index < -0.39 is 48.5 Å². The van der Waals surface area contributed by atoms with Gasteiger partial charge >= 0.3 is 42.7 Å². The first-order valence-corrected chi connectivity index (χ1v) is 44.3. The Morgan fingerprint density at radius 1 is 0.339 bits per heavy atom. The Morgan fingerprint density at radius 3 is 0.976 bits per heavy atom. The van der Waals surface area contributed by atoms with Crippen LogP contribution in [0, 0.1) is 34.9 Å². The van der Waals surface area contributed by atoms with Crippen molar-refractivity contribution in [3.8, 4) is 0 Å². The van der Waals surface area contributed by atoms with Crippen molar-refractivity contribution in [2.75, 3.05) is 80.8 Å². The lowest BCUT2D eigenvalue weighted by Crippen LogP contribution is -2.43. The van der Waals surface area contributed by atoms with Gasteiger partial charge in [0.15, 0.2) is 37.7 Å². The van der Waals surface area contributed by atoms with Crippen LogP contribution in [0.25, 0.3) is 0 Å². The van der Waals surface area contributed by atoms with Crippen molar-refractivity contribution in [1.29, 1.82) is 0 Å². The van der Waals surface area contributed by atoms with Crippen LogP contribution in [0.5, 0.6) is 0 Å². The highest BCUT2D eigenvalue weighted by Gasteiger charge is 2.37. The van der Waals surface area contributed by atoms with Crippen LogP contribution in [0.15, 0.2) is 140 Å². The molecular weight excluding hydrogens is 1660 g/mol. The smallest absolute Gasteiger partial charge is 0.423 e. The van der Waals surface area contributed by atoms with E-state index in [9.17, 15) is 41.4 Å². The molecule has 7 aromatic carbocycles. The summed E-state index contributed by atoms with van der Waals surface area (Å²) in [6.07, 6.45) is 16.5. The molecule has 3 N–H and O–H groups in total. The van der Waals surface area contributed by atoms with Gasteiger partial charge in [-0.05, 0) is 288 Å². The quantitative estimate of drug-likeness (QED) is 0.0262. The van der Waals surface area contributed by atoms with Gasteiger partial charge in [0, 0.05) is 73.2 Å². The molecule has 7 aromatic rings. The molecule has 8 aliphatic heterocycles. The zero-order valence-corrected chi connectivity index (χ0v) is 74.0. The normalized spacial score (nSPS) is 20.6. The first-order valence-electron chi connectivity index (χ1n) is 44.3. The molecule has 0 saturated carbocycles. The van der Waals surface area contributed by atoms with Crippen LogP contribution >= 0.6 is 0 Å². The van der Waals surface area contributed by atoms with Crippen LogP contribution in [0.1, 0.15) is 188 Å². The minimum absolute atomic E-state index is 0.00532. The summed E-state index contributed by atoms with van der Waals surface area (Å²) in [4.78, 5) is 0. The summed E-state index contributed by atoms with van der Waals surface area (Å²) in [5, 5.41) is 28.1. The first-order chi connectivity index (χ1) is 61.7. The molecule has 15 rings (SSSR count). The van der Waals surface area contributed by atoms with E-state index in [1.54, 1.807) is 38.5 Å². The highest BCUT2D eigenvalue weighted by Crippen LogP contribution is 2.28. The largest absolute Gasteiger partial charge is 0.494 e. The molecule has 8 saturated heterocycles. The van der Waals surface area contributed by atoms with Crippen molar-refractivity contribution in [3.05, 3.63) is 213 Å². The minimum Gasteiger partial charge on any atom is -0.423 e. The maximum absolute atomic E-state index is 13.8. The Kier molecular flexibility index (Phi) is 45.6. The molecule has 0 aromatic heterocycles. The molecule has 0 radical (unpaired) electrons. The molecule has 36 heteroatoms. The second kappa shape index (κ2) is 56.4. The van der Waals surface area contributed by atoms with Crippen LogP contribution in [0.4, 0.5) is 26.3 Å². The summed E-state index contributed by atoms with van der Waals surface area (Å²) >= 11 is 0. The molecular formula is C91H122B6F6O24. The van der Waals surface area contributed by atoms with Gasteiger partial charge in [0.1, 0.15) is 34.9 Å². The van der Waals surface area contributed by atoms with E-state index in [-0.39, 0.29) is 124 Å². The molecule has 8 fully saturated rings. The van der Waals surface area contributed by atoms with Crippen LogP contribution in [0.3, 0.4) is 0 Å². The second-order valence-electron chi connectivity index (χ2n) is 31.9. The highest BCUT2D eigenvalue weighted by atomic mass is 19.1. The molecule has 8 heterocycles. The van der Waals surface area contributed by atoms with Crippen LogP contribution < -0.4 is 32.8 Å². The van der Waals surface area contributed by atoms with Crippen molar-refractivity contribution in [3.63, 3.8) is 0 Å². The summed E-state index contributed by atoms with van der Waals surface area (Å²) < 4.78 is 198. The predicted molar refractivity (Wildman–Crippen MR) is 469 cm³/mol. The van der Waals surface area contributed by atoms with E-state index in [2.05, 4.69) is 0 Å². The fraction of sp³-hybridized carbons (Fsp3) is 0.538. The number of benzene rings is 7. The Bertz CT molecular complexity index is 4180. The van der Waals surface area contributed by atoms with Crippen molar-refractivity contribution in [1.82, 2.24) is 0 Å².